The first kappa shape index (κ1) is 13.1. The zero-order valence-electron chi connectivity index (χ0n) is 7.91. The average Bonchev–Trinajstić information content (AvgIpc) is 2.08. The van der Waals surface area contributed by atoms with Crippen LogP contribution in [0.2, 0.25) is 5.02 Å². The van der Waals surface area contributed by atoms with Gasteiger partial charge in [0.15, 0.2) is 0 Å². The van der Waals surface area contributed by atoms with Gasteiger partial charge in [-0.05, 0) is 18.2 Å². The third-order valence-electron chi connectivity index (χ3n) is 1.53. The topological polar surface area (TPSA) is 72.2 Å². The second-order valence-corrected chi connectivity index (χ2v) is 5.61. The van der Waals surface area contributed by atoms with E-state index < -0.39 is 21.6 Å². The summed E-state index contributed by atoms with van der Waals surface area (Å²) in [6.45, 7) is 0. The van der Waals surface area contributed by atoms with Crippen LogP contribution >= 0.6 is 23.8 Å². The Labute approximate surface area is 103 Å². The molecule has 16 heavy (non-hydrogen) atoms. The number of rotatable bonds is 4. The van der Waals surface area contributed by atoms with Crippen molar-refractivity contribution in [1.82, 2.24) is 0 Å². The van der Waals surface area contributed by atoms with Crippen molar-refractivity contribution in [1.29, 1.82) is 0 Å². The van der Waals surface area contributed by atoms with Crippen LogP contribution in [0.1, 0.15) is 0 Å². The summed E-state index contributed by atoms with van der Waals surface area (Å²) in [4.78, 5) is -0.181. The van der Waals surface area contributed by atoms with Crippen molar-refractivity contribution in [3.05, 3.63) is 29.0 Å². The Balaban J connectivity index is 2.96. The van der Waals surface area contributed by atoms with Crippen molar-refractivity contribution in [2.45, 2.75) is 0 Å². The molecule has 0 aromatic heterocycles. The highest BCUT2D eigenvalue weighted by atomic mass is 35.5. The lowest BCUT2D eigenvalue weighted by atomic mass is 10.3. The average molecular weight is 283 g/mol. The monoisotopic (exact) mass is 282 g/mol. The van der Waals surface area contributed by atoms with Gasteiger partial charge in [0.05, 0.1) is 15.7 Å². The molecule has 0 radical (unpaired) electrons. The van der Waals surface area contributed by atoms with Gasteiger partial charge in [-0.25, -0.2) is 12.8 Å². The summed E-state index contributed by atoms with van der Waals surface area (Å²) in [7, 11) is -3.74. The quantitative estimate of drug-likeness (QED) is 0.821. The maximum absolute atomic E-state index is 12.8. The Morgan fingerprint density at radius 1 is 1.56 bits per heavy atom. The summed E-state index contributed by atoms with van der Waals surface area (Å²) in [5.41, 5.74) is 5.06. The van der Waals surface area contributed by atoms with Gasteiger partial charge in [-0.2, -0.15) is 0 Å². The zero-order chi connectivity index (χ0) is 12.3. The maximum Gasteiger partial charge on any atom is 0.239 e. The first-order chi connectivity index (χ1) is 7.30. The van der Waals surface area contributed by atoms with E-state index in [0.29, 0.717) is 0 Å². The van der Waals surface area contributed by atoms with Gasteiger partial charge in [0.1, 0.15) is 11.6 Å². The highest BCUT2D eigenvalue weighted by Gasteiger charge is 2.14. The molecule has 0 amide bonds. The van der Waals surface area contributed by atoms with Crippen molar-refractivity contribution in [2.24, 2.45) is 5.73 Å². The van der Waals surface area contributed by atoms with E-state index in [1.54, 1.807) is 0 Å². The van der Waals surface area contributed by atoms with Gasteiger partial charge in [0, 0.05) is 0 Å². The van der Waals surface area contributed by atoms with Gasteiger partial charge in [0.25, 0.3) is 0 Å². The van der Waals surface area contributed by atoms with Crippen LogP contribution in [0.5, 0.6) is 0 Å². The number of nitrogens with one attached hydrogen (secondary N) is 1. The number of thiocarbonyl (C=S) groups is 1. The van der Waals surface area contributed by atoms with Crippen LogP contribution in [0, 0.1) is 5.82 Å². The zero-order valence-corrected chi connectivity index (χ0v) is 10.3. The summed E-state index contributed by atoms with van der Waals surface area (Å²) in [5, 5.41) is 0.0907. The van der Waals surface area contributed by atoms with Crippen molar-refractivity contribution in [2.75, 3.05) is 10.5 Å². The molecule has 4 nitrogen and oxygen atoms in total. The fourth-order valence-corrected chi connectivity index (χ4v) is 2.60. The van der Waals surface area contributed by atoms with E-state index in [2.05, 4.69) is 16.9 Å². The molecule has 1 aromatic carbocycles. The molecule has 1 rings (SSSR count). The van der Waals surface area contributed by atoms with Gasteiger partial charge in [-0.3, -0.25) is 4.72 Å². The van der Waals surface area contributed by atoms with Crippen LogP contribution in [-0.2, 0) is 10.0 Å². The Kier molecular flexibility index (Phi) is 4.06. The second kappa shape index (κ2) is 4.94. The highest BCUT2D eigenvalue weighted by Crippen LogP contribution is 2.23. The molecule has 8 heteroatoms. The number of hydrogen-bond acceptors (Lipinski definition) is 3. The number of anilines is 1. The Morgan fingerprint density at radius 2 is 2.19 bits per heavy atom. The Bertz CT molecular complexity index is 519. The van der Waals surface area contributed by atoms with Gasteiger partial charge in [0.2, 0.25) is 10.0 Å². The smallest absolute Gasteiger partial charge is 0.239 e. The number of benzene rings is 1. The van der Waals surface area contributed by atoms with Gasteiger partial charge in [-0.1, -0.05) is 23.8 Å². The van der Waals surface area contributed by atoms with Crippen LogP contribution in [0.15, 0.2) is 18.2 Å². The molecule has 0 aliphatic heterocycles. The molecule has 1 aromatic rings. The van der Waals surface area contributed by atoms with Crippen LogP contribution in [0.4, 0.5) is 10.1 Å². The van der Waals surface area contributed by atoms with Crippen LogP contribution in [0.25, 0.3) is 0 Å². The molecule has 3 N–H and O–H groups in total. The predicted molar refractivity (Wildman–Crippen MR) is 65.6 cm³/mol. The van der Waals surface area contributed by atoms with E-state index in [-0.39, 0.29) is 15.7 Å². The minimum Gasteiger partial charge on any atom is -0.392 e. The predicted octanol–water partition coefficient (Wildman–Crippen LogP) is 1.51. The van der Waals surface area contributed by atoms with E-state index >= 15 is 0 Å². The molecule has 0 heterocycles. The number of halogens is 2. The van der Waals surface area contributed by atoms with E-state index in [0.717, 1.165) is 12.1 Å². The molecular formula is C8H8ClFN2O2S2. The molecule has 0 spiro atoms. The fraction of sp³-hybridized carbons (Fsp3) is 0.125. The minimum atomic E-state index is -3.74. The van der Waals surface area contributed by atoms with Crippen LogP contribution in [-0.4, -0.2) is 19.2 Å². The number of nitrogens with two attached hydrogens (primary N) is 1. The second-order valence-electron chi connectivity index (χ2n) is 2.95. The van der Waals surface area contributed by atoms with Crippen LogP contribution < -0.4 is 10.5 Å². The van der Waals surface area contributed by atoms with Crippen molar-refractivity contribution < 1.29 is 12.8 Å². The van der Waals surface area contributed by atoms with Crippen molar-refractivity contribution in [3.63, 3.8) is 0 Å². The molecule has 0 aliphatic rings. The molecular weight excluding hydrogens is 275 g/mol. The summed E-state index contributed by atoms with van der Waals surface area (Å²) in [6.07, 6.45) is 0. The lowest BCUT2D eigenvalue weighted by molar-refractivity contribution is 0.604. The van der Waals surface area contributed by atoms with E-state index in [1.165, 1.54) is 6.07 Å². The lowest BCUT2D eigenvalue weighted by Crippen LogP contribution is -2.26. The Hall–Kier alpha value is -0.920. The van der Waals surface area contributed by atoms with E-state index in [4.69, 9.17) is 17.3 Å². The van der Waals surface area contributed by atoms with Gasteiger partial charge in [-0.15, -0.1) is 0 Å². The standard InChI is InChI=1S/C8H8ClFN2O2S2/c9-6-2-1-5(10)3-7(6)12-16(13,14)4-8(11)15/h1-3,12H,4H2,(H2,11,15). The highest BCUT2D eigenvalue weighted by molar-refractivity contribution is 7.95. The largest absolute Gasteiger partial charge is 0.392 e. The molecule has 0 atom stereocenters. The third-order valence-corrected chi connectivity index (χ3v) is 3.40. The third kappa shape index (κ3) is 3.92. The molecule has 88 valence electrons. The molecule has 0 fully saturated rings. The Morgan fingerprint density at radius 3 is 2.75 bits per heavy atom. The molecule has 0 saturated heterocycles. The summed E-state index contributed by atoms with van der Waals surface area (Å²) < 4.78 is 37.8. The molecule has 0 bridgehead atoms. The summed E-state index contributed by atoms with van der Waals surface area (Å²) >= 11 is 10.2. The van der Waals surface area contributed by atoms with Crippen molar-refractivity contribution >= 4 is 44.5 Å². The first-order valence-electron chi connectivity index (χ1n) is 4.04. The molecule has 0 unspecified atom stereocenters. The minimum absolute atomic E-state index is 0.0436. The van der Waals surface area contributed by atoms with Gasteiger partial charge < -0.3 is 5.73 Å². The maximum atomic E-state index is 12.8. The van der Waals surface area contributed by atoms with E-state index in [1.807, 2.05) is 0 Å². The lowest BCUT2D eigenvalue weighted by Gasteiger charge is -2.08. The summed E-state index contributed by atoms with van der Waals surface area (Å²) in [5.74, 6) is -1.12. The SMILES string of the molecule is NC(=S)CS(=O)(=O)Nc1cc(F)ccc1Cl. The number of hydrogen-bond donors (Lipinski definition) is 2. The fourth-order valence-electron chi connectivity index (χ4n) is 0.967. The molecule has 0 saturated carbocycles. The van der Waals surface area contributed by atoms with E-state index in [9.17, 15) is 12.8 Å². The summed E-state index contributed by atoms with van der Waals surface area (Å²) in [6, 6.07) is 3.34. The normalized spacial score (nSPS) is 11.1. The van der Waals surface area contributed by atoms with Crippen molar-refractivity contribution in [3.8, 4) is 0 Å². The van der Waals surface area contributed by atoms with Gasteiger partial charge >= 0.3 is 0 Å². The number of sulfonamides is 1. The molecule has 0 aliphatic carbocycles. The first-order valence-corrected chi connectivity index (χ1v) is 6.48. The van der Waals surface area contributed by atoms with Crippen LogP contribution in [0.3, 0.4) is 0 Å².